The van der Waals surface area contributed by atoms with Crippen LogP contribution in [-0.4, -0.2) is 0 Å². The van der Waals surface area contributed by atoms with Crippen LogP contribution in [0.4, 0.5) is 17.1 Å². The summed E-state index contributed by atoms with van der Waals surface area (Å²) in [5.41, 5.74) is 10.7. The molecular weight excluding hydrogens is 599 g/mol. The smallest absolute Gasteiger partial charge is 0.0467 e. The molecule has 2 heteroatoms. The lowest BCUT2D eigenvalue weighted by Crippen LogP contribution is -2.10. The Balaban J connectivity index is 1.17. The van der Waals surface area contributed by atoms with Crippen molar-refractivity contribution in [2.75, 3.05) is 4.90 Å². The van der Waals surface area contributed by atoms with Crippen LogP contribution in [0.5, 0.6) is 0 Å². The maximum Gasteiger partial charge on any atom is 0.0467 e. The predicted molar refractivity (Wildman–Crippen MR) is 208 cm³/mol. The zero-order valence-electron chi connectivity index (χ0n) is 26.3. The maximum absolute atomic E-state index is 2.37. The summed E-state index contributed by atoms with van der Waals surface area (Å²) >= 11 is 1.86. The van der Waals surface area contributed by atoms with Crippen LogP contribution in [0.15, 0.2) is 188 Å². The first-order valence-electron chi connectivity index (χ1n) is 16.3. The van der Waals surface area contributed by atoms with Gasteiger partial charge in [-0.05, 0) is 92.7 Å². The van der Waals surface area contributed by atoms with Gasteiger partial charge in [-0.15, -0.1) is 11.3 Å². The van der Waals surface area contributed by atoms with E-state index in [1.54, 1.807) is 0 Å². The van der Waals surface area contributed by atoms with E-state index in [1.165, 1.54) is 64.3 Å². The zero-order valence-corrected chi connectivity index (χ0v) is 27.1. The monoisotopic (exact) mass is 629 g/mol. The first-order chi connectivity index (χ1) is 23.8. The topological polar surface area (TPSA) is 3.24 Å². The lowest BCUT2D eigenvalue weighted by molar-refractivity contribution is 1.28. The van der Waals surface area contributed by atoms with E-state index in [-0.39, 0.29) is 0 Å². The first kappa shape index (κ1) is 28.3. The Morgan fingerprint density at radius 1 is 0.333 bits per heavy atom. The van der Waals surface area contributed by atoms with Crippen LogP contribution in [0, 0.1) is 0 Å². The molecule has 0 fully saturated rings. The van der Waals surface area contributed by atoms with Crippen molar-refractivity contribution in [3.05, 3.63) is 188 Å². The van der Waals surface area contributed by atoms with Crippen LogP contribution in [0.25, 0.3) is 64.3 Å². The molecule has 1 nitrogen and oxygen atoms in total. The third-order valence-corrected chi connectivity index (χ3v) is 10.4. The molecule has 0 saturated heterocycles. The van der Waals surface area contributed by atoms with E-state index in [1.807, 2.05) is 11.3 Å². The summed E-state index contributed by atoms with van der Waals surface area (Å²) in [5.74, 6) is 0. The van der Waals surface area contributed by atoms with Crippen molar-refractivity contribution in [1.29, 1.82) is 0 Å². The molecular formula is C46H31NS. The molecule has 0 unspecified atom stereocenters. The highest BCUT2D eigenvalue weighted by atomic mass is 32.1. The third-order valence-electron chi connectivity index (χ3n) is 9.28. The van der Waals surface area contributed by atoms with Gasteiger partial charge in [-0.1, -0.05) is 140 Å². The molecule has 0 atom stereocenters. The fourth-order valence-electron chi connectivity index (χ4n) is 6.98. The van der Waals surface area contributed by atoms with Gasteiger partial charge in [-0.25, -0.2) is 0 Å². The van der Waals surface area contributed by atoms with Crippen molar-refractivity contribution in [3.8, 4) is 33.4 Å². The van der Waals surface area contributed by atoms with E-state index >= 15 is 0 Å². The van der Waals surface area contributed by atoms with Gasteiger partial charge in [0, 0.05) is 37.2 Å². The number of benzene rings is 8. The van der Waals surface area contributed by atoms with E-state index in [4.69, 9.17) is 0 Å². The molecule has 0 N–H and O–H groups in total. The molecule has 1 heterocycles. The predicted octanol–water partition coefficient (Wildman–Crippen LogP) is 13.7. The second-order valence-electron chi connectivity index (χ2n) is 12.1. The van der Waals surface area contributed by atoms with E-state index in [2.05, 4.69) is 193 Å². The minimum Gasteiger partial charge on any atom is -0.310 e. The van der Waals surface area contributed by atoms with Crippen molar-refractivity contribution < 1.29 is 0 Å². The van der Waals surface area contributed by atoms with Crippen LogP contribution in [0.1, 0.15) is 0 Å². The number of hydrogen-bond acceptors (Lipinski definition) is 2. The molecule has 1 aromatic heterocycles. The summed E-state index contributed by atoms with van der Waals surface area (Å²) in [6.45, 7) is 0. The summed E-state index contributed by atoms with van der Waals surface area (Å²) in [4.78, 5) is 2.37. The van der Waals surface area contributed by atoms with Crippen molar-refractivity contribution in [2.24, 2.45) is 0 Å². The van der Waals surface area contributed by atoms with Crippen LogP contribution in [-0.2, 0) is 0 Å². The first-order valence-corrected chi connectivity index (χ1v) is 17.2. The quantitative estimate of drug-likeness (QED) is 0.177. The molecule has 0 aliphatic carbocycles. The number of fused-ring (bicyclic) bond motifs is 4. The molecule has 0 aliphatic heterocycles. The van der Waals surface area contributed by atoms with E-state index in [0.29, 0.717) is 0 Å². The SMILES string of the molecule is c1ccc(-c2ccc(N(c3ccc(-c4cccc5ccccc45)cc3)c3cccc(-c4cccc5sc6ccccc6c45)c3)cc2)cc1. The lowest BCUT2D eigenvalue weighted by Gasteiger charge is -2.26. The molecule has 226 valence electrons. The third kappa shape index (κ3) is 5.04. The van der Waals surface area contributed by atoms with E-state index in [9.17, 15) is 0 Å². The number of anilines is 3. The van der Waals surface area contributed by atoms with Gasteiger partial charge in [0.05, 0.1) is 0 Å². The molecule has 0 radical (unpaired) electrons. The number of thiophene rings is 1. The normalized spacial score (nSPS) is 11.3. The minimum atomic E-state index is 1.11. The summed E-state index contributed by atoms with van der Waals surface area (Å²) in [7, 11) is 0. The fraction of sp³-hybridized carbons (Fsp3) is 0. The lowest BCUT2D eigenvalue weighted by atomic mass is 9.97. The number of rotatable bonds is 6. The Morgan fingerprint density at radius 3 is 1.71 bits per heavy atom. The number of hydrogen-bond donors (Lipinski definition) is 0. The average molecular weight is 630 g/mol. The minimum absolute atomic E-state index is 1.11. The molecule has 0 amide bonds. The van der Waals surface area contributed by atoms with Crippen LogP contribution < -0.4 is 4.90 Å². The van der Waals surface area contributed by atoms with Gasteiger partial charge in [0.25, 0.3) is 0 Å². The summed E-state index contributed by atoms with van der Waals surface area (Å²) in [5, 5.41) is 5.16. The van der Waals surface area contributed by atoms with Crippen LogP contribution in [0.2, 0.25) is 0 Å². The van der Waals surface area contributed by atoms with Crippen molar-refractivity contribution in [1.82, 2.24) is 0 Å². The Morgan fingerprint density at radius 2 is 0.896 bits per heavy atom. The second-order valence-corrected chi connectivity index (χ2v) is 13.2. The second kappa shape index (κ2) is 12.0. The standard InChI is InChI=1S/C46H31NS/c1-2-11-32(12-3-1)33-23-27-37(28-24-33)47(38-29-25-35(26-30-38)41-19-9-14-34-13-4-5-17-40(34)41)39-16-8-15-36(31-39)42-20-10-22-45-46(42)43-18-6-7-21-44(43)48-45/h1-31H. The summed E-state index contributed by atoms with van der Waals surface area (Å²) < 4.78 is 2.64. The molecule has 0 saturated carbocycles. The van der Waals surface area contributed by atoms with Gasteiger partial charge >= 0.3 is 0 Å². The fourth-order valence-corrected chi connectivity index (χ4v) is 8.11. The highest BCUT2D eigenvalue weighted by molar-refractivity contribution is 7.25. The number of nitrogens with zero attached hydrogens (tertiary/aromatic N) is 1. The Hall–Kier alpha value is -5.96. The molecule has 0 spiro atoms. The zero-order chi connectivity index (χ0) is 31.9. The Bertz CT molecular complexity index is 2540. The molecule has 8 aromatic carbocycles. The van der Waals surface area contributed by atoms with E-state index in [0.717, 1.165) is 17.1 Å². The molecule has 48 heavy (non-hydrogen) atoms. The van der Waals surface area contributed by atoms with Gasteiger partial charge in [0.1, 0.15) is 0 Å². The van der Waals surface area contributed by atoms with Gasteiger partial charge in [-0.3, -0.25) is 0 Å². The van der Waals surface area contributed by atoms with E-state index < -0.39 is 0 Å². The summed E-state index contributed by atoms with van der Waals surface area (Å²) in [6.07, 6.45) is 0. The van der Waals surface area contributed by atoms with Crippen molar-refractivity contribution in [2.45, 2.75) is 0 Å². The average Bonchev–Trinajstić information content (AvgIpc) is 3.55. The van der Waals surface area contributed by atoms with Gasteiger partial charge < -0.3 is 4.90 Å². The largest absolute Gasteiger partial charge is 0.310 e. The van der Waals surface area contributed by atoms with Gasteiger partial charge in [0.2, 0.25) is 0 Å². The highest BCUT2D eigenvalue weighted by Gasteiger charge is 2.16. The van der Waals surface area contributed by atoms with Crippen LogP contribution >= 0.6 is 11.3 Å². The van der Waals surface area contributed by atoms with Gasteiger partial charge in [0.15, 0.2) is 0 Å². The van der Waals surface area contributed by atoms with Crippen LogP contribution in [0.3, 0.4) is 0 Å². The molecule has 0 aliphatic rings. The van der Waals surface area contributed by atoms with Crippen molar-refractivity contribution >= 4 is 59.3 Å². The molecule has 0 bridgehead atoms. The Labute approximate surface area is 284 Å². The van der Waals surface area contributed by atoms with Gasteiger partial charge in [-0.2, -0.15) is 0 Å². The van der Waals surface area contributed by atoms with Crippen molar-refractivity contribution in [3.63, 3.8) is 0 Å². The highest BCUT2D eigenvalue weighted by Crippen LogP contribution is 2.43. The Kier molecular flexibility index (Phi) is 7.07. The maximum atomic E-state index is 2.37. The molecule has 9 rings (SSSR count). The molecule has 9 aromatic rings. The summed E-state index contributed by atoms with van der Waals surface area (Å²) in [6, 6.07) is 68.1.